The molecule has 1 aromatic heterocycles. The molecule has 1 amide bonds. The van der Waals surface area contributed by atoms with Crippen molar-refractivity contribution < 1.29 is 14.3 Å². The second kappa shape index (κ2) is 6.14. The molecule has 1 saturated heterocycles. The topological polar surface area (TPSA) is 90.6 Å². The van der Waals surface area contributed by atoms with E-state index in [0.717, 1.165) is 17.5 Å². The van der Waals surface area contributed by atoms with Crippen LogP contribution in [-0.4, -0.2) is 45.8 Å². The first-order chi connectivity index (χ1) is 11.3. The Morgan fingerprint density at radius 3 is 2.88 bits per heavy atom. The second-order valence-electron chi connectivity index (χ2n) is 6.91. The van der Waals surface area contributed by atoms with Gasteiger partial charge in [0.2, 0.25) is 5.88 Å². The second-order valence-corrected chi connectivity index (χ2v) is 6.91. The van der Waals surface area contributed by atoms with Gasteiger partial charge in [-0.2, -0.15) is 0 Å². The van der Waals surface area contributed by atoms with Gasteiger partial charge in [-0.3, -0.25) is 0 Å². The molecule has 2 aromatic rings. The van der Waals surface area contributed by atoms with Gasteiger partial charge in [-0.15, -0.1) is 0 Å². The number of nitrogen functional groups attached to an aromatic ring is 1. The molecule has 0 bridgehead atoms. The van der Waals surface area contributed by atoms with Crippen LogP contribution in [0.2, 0.25) is 0 Å². The van der Waals surface area contributed by atoms with Crippen LogP contribution >= 0.6 is 0 Å². The number of ether oxygens (including phenoxy) is 2. The lowest BCUT2D eigenvalue weighted by Crippen LogP contribution is -2.36. The van der Waals surface area contributed by atoms with Crippen molar-refractivity contribution in [1.82, 2.24) is 14.9 Å². The van der Waals surface area contributed by atoms with Gasteiger partial charge in [0.1, 0.15) is 11.7 Å². The van der Waals surface area contributed by atoms with Gasteiger partial charge in [0, 0.05) is 18.7 Å². The van der Waals surface area contributed by atoms with Gasteiger partial charge in [0.25, 0.3) is 0 Å². The molecule has 128 valence electrons. The maximum atomic E-state index is 12.1. The van der Waals surface area contributed by atoms with Crippen LogP contribution in [0.4, 0.5) is 10.5 Å². The number of benzene rings is 1. The number of nitrogens with zero attached hydrogens (tertiary/aromatic N) is 3. The van der Waals surface area contributed by atoms with Crippen molar-refractivity contribution in [2.24, 2.45) is 0 Å². The number of carbonyl (C=O) groups excluding carboxylic acids is 1. The summed E-state index contributed by atoms with van der Waals surface area (Å²) in [7, 11) is 0. The zero-order valence-electron chi connectivity index (χ0n) is 14.2. The van der Waals surface area contributed by atoms with Crippen molar-refractivity contribution in [3.63, 3.8) is 0 Å². The number of hydrogen-bond donors (Lipinski definition) is 1. The highest BCUT2D eigenvalue weighted by Crippen LogP contribution is 2.21. The van der Waals surface area contributed by atoms with Crippen molar-refractivity contribution >= 4 is 22.8 Å². The number of hydrogen-bond acceptors (Lipinski definition) is 6. The fraction of sp³-hybridized carbons (Fsp3) is 0.471. The summed E-state index contributed by atoms with van der Waals surface area (Å²) in [4.78, 5) is 22.5. The van der Waals surface area contributed by atoms with Gasteiger partial charge in [-0.1, -0.05) is 0 Å². The fourth-order valence-electron chi connectivity index (χ4n) is 2.56. The number of anilines is 1. The van der Waals surface area contributed by atoms with E-state index in [1.54, 1.807) is 23.2 Å². The monoisotopic (exact) mass is 330 g/mol. The largest absolute Gasteiger partial charge is 0.471 e. The van der Waals surface area contributed by atoms with E-state index >= 15 is 0 Å². The van der Waals surface area contributed by atoms with Gasteiger partial charge in [-0.25, -0.2) is 14.8 Å². The molecule has 1 aliphatic rings. The zero-order chi connectivity index (χ0) is 17.3. The molecule has 2 N–H and O–H groups in total. The summed E-state index contributed by atoms with van der Waals surface area (Å²) in [6.45, 7) is 6.65. The molecule has 0 aliphatic carbocycles. The molecular formula is C17H22N4O3. The summed E-state index contributed by atoms with van der Waals surface area (Å²) in [5.41, 5.74) is 7.33. The molecule has 1 aromatic carbocycles. The molecule has 7 heteroatoms. The molecule has 1 aliphatic heterocycles. The Balaban J connectivity index is 1.63. The Kier molecular flexibility index (Phi) is 4.17. The predicted molar refractivity (Wildman–Crippen MR) is 90.8 cm³/mol. The van der Waals surface area contributed by atoms with Crippen LogP contribution in [0.1, 0.15) is 27.2 Å². The normalized spacial score (nSPS) is 18.0. The zero-order valence-corrected chi connectivity index (χ0v) is 14.2. The van der Waals surface area contributed by atoms with Crippen LogP contribution < -0.4 is 10.5 Å². The summed E-state index contributed by atoms with van der Waals surface area (Å²) in [5, 5.41) is 0. The average molecular weight is 330 g/mol. The lowest BCUT2D eigenvalue weighted by molar-refractivity contribution is 0.0275. The first-order valence-electron chi connectivity index (χ1n) is 7.97. The number of rotatable bonds is 2. The molecule has 1 fully saturated rings. The van der Waals surface area contributed by atoms with Crippen molar-refractivity contribution in [3.8, 4) is 5.88 Å². The third-order valence-electron chi connectivity index (χ3n) is 3.63. The number of carbonyl (C=O) groups is 1. The third kappa shape index (κ3) is 3.84. The maximum Gasteiger partial charge on any atom is 0.410 e. The number of nitrogens with two attached hydrogens (primary N) is 1. The van der Waals surface area contributed by atoms with Crippen molar-refractivity contribution in [2.45, 2.75) is 38.9 Å². The molecule has 0 saturated carbocycles. The lowest BCUT2D eigenvalue weighted by atomic mass is 10.2. The molecule has 0 radical (unpaired) electrons. The minimum absolute atomic E-state index is 0.113. The third-order valence-corrected chi connectivity index (χ3v) is 3.63. The summed E-state index contributed by atoms with van der Waals surface area (Å²) < 4.78 is 11.3. The van der Waals surface area contributed by atoms with Gasteiger partial charge >= 0.3 is 6.09 Å². The predicted octanol–water partition coefficient (Wildman–Crippen LogP) is 2.60. The Bertz CT molecular complexity index is 757. The van der Waals surface area contributed by atoms with E-state index in [0.29, 0.717) is 24.7 Å². The highest BCUT2D eigenvalue weighted by molar-refractivity contribution is 5.78. The molecule has 0 spiro atoms. The van der Waals surface area contributed by atoms with Crippen LogP contribution in [-0.2, 0) is 4.74 Å². The number of amides is 1. The molecule has 24 heavy (non-hydrogen) atoms. The van der Waals surface area contributed by atoms with Crippen LogP contribution in [0.5, 0.6) is 5.88 Å². The van der Waals surface area contributed by atoms with Gasteiger partial charge in [0.05, 0.1) is 23.8 Å². The molecular weight excluding hydrogens is 308 g/mol. The Hall–Kier alpha value is -2.57. The lowest BCUT2D eigenvalue weighted by Gasteiger charge is -2.24. The summed E-state index contributed by atoms with van der Waals surface area (Å²) >= 11 is 0. The summed E-state index contributed by atoms with van der Waals surface area (Å²) in [6.07, 6.45) is 1.89. The van der Waals surface area contributed by atoms with Crippen molar-refractivity contribution in [2.75, 3.05) is 18.8 Å². The average Bonchev–Trinajstić information content (AvgIpc) is 2.94. The van der Waals surface area contributed by atoms with E-state index in [9.17, 15) is 4.79 Å². The fourth-order valence-corrected chi connectivity index (χ4v) is 2.56. The van der Waals surface area contributed by atoms with Gasteiger partial charge < -0.3 is 20.1 Å². The van der Waals surface area contributed by atoms with Gasteiger partial charge in [0.15, 0.2) is 0 Å². The summed E-state index contributed by atoms with van der Waals surface area (Å²) in [6, 6.07) is 5.36. The number of fused-ring (bicyclic) bond motifs is 1. The van der Waals surface area contributed by atoms with E-state index < -0.39 is 5.60 Å². The number of aromatic nitrogens is 2. The molecule has 2 heterocycles. The molecule has 1 atom stereocenters. The Morgan fingerprint density at radius 2 is 2.12 bits per heavy atom. The van der Waals surface area contributed by atoms with Crippen LogP contribution in [0.3, 0.4) is 0 Å². The van der Waals surface area contributed by atoms with E-state index in [-0.39, 0.29) is 12.2 Å². The van der Waals surface area contributed by atoms with Crippen molar-refractivity contribution in [3.05, 3.63) is 24.4 Å². The molecule has 0 unspecified atom stereocenters. The SMILES string of the molecule is CC(C)(C)OC(=O)N1CC[C@H](Oc2cnc3cc(N)ccc3n2)C1. The standard InChI is InChI=1S/C17H22N4O3/c1-17(2,3)24-16(22)21-7-6-12(10-21)23-15-9-19-14-8-11(18)4-5-13(14)20-15/h4-5,8-9,12H,6-7,10,18H2,1-3H3/t12-/m0/s1. The minimum atomic E-state index is -0.498. The minimum Gasteiger partial charge on any atom is -0.471 e. The van der Waals surface area contributed by atoms with E-state index in [1.807, 2.05) is 26.8 Å². The van der Waals surface area contributed by atoms with Crippen molar-refractivity contribution in [1.29, 1.82) is 0 Å². The van der Waals surface area contributed by atoms with Crippen LogP contribution in [0, 0.1) is 0 Å². The summed E-state index contributed by atoms with van der Waals surface area (Å²) in [5.74, 6) is 0.448. The molecule has 3 rings (SSSR count). The maximum absolute atomic E-state index is 12.1. The Morgan fingerprint density at radius 1 is 1.33 bits per heavy atom. The van der Waals surface area contributed by atoms with Crippen LogP contribution in [0.15, 0.2) is 24.4 Å². The Labute approximate surface area is 140 Å². The highest BCUT2D eigenvalue weighted by Gasteiger charge is 2.31. The van der Waals surface area contributed by atoms with Crippen LogP contribution in [0.25, 0.3) is 11.0 Å². The van der Waals surface area contributed by atoms with E-state index in [2.05, 4.69) is 9.97 Å². The number of likely N-dealkylation sites (tertiary alicyclic amines) is 1. The van der Waals surface area contributed by atoms with Gasteiger partial charge in [-0.05, 0) is 39.0 Å². The quantitative estimate of drug-likeness (QED) is 0.851. The first-order valence-corrected chi connectivity index (χ1v) is 7.97. The van der Waals surface area contributed by atoms with E-state index in [4.69, 9.17) is 15.2 Å². The highest BCUT2D eigenvalue weighted by atomic mass is 16.6. The molecule has 7 nitrogen and oxygen atoms in total. The van der Waals surface area contributed by atoms with E-state index in [1.165, 1.54) is 0 Å². The smallest absolute Gasteiger partial charge is 0.410 e. The first kappa shape index (κ1) is 16.3.